The highest BCUT2D eigenvalue weighted by Gasteiger charge is 2.30. The summed E-state index contributed by atoms with van der Waals surface area (Å²) in [5.74, 6) is 0.149. The fraction of sp³-hybridized carbons (Fsp3) is 0.481. The molecule has 2 aliphatic heterocycles. The van der Waals surface area contributed by atoms with Crippen molar-refractivity contribution in [3.8, 4) is 0 Å². The molecule has 0 aliphatic carbocycles. The normalized spacial score (nSPS) is 21.2. The minimum atomic E-state index is -3.58. The van der Waals surface area contributed by atoms with Gasteiger partial charge in [-0.1, -0.05) is 24.3 Å². The van der Waals surface area contributed by atoms with Crippen molar-refractivity contribution in [2.24, 2.45) is 5.92 Å². The Balaban J connectivity index is 1.44. The first-order valence-corrected chi connectivity index (χ1v) is 14.9. The van der Waals surface area contributed by atoms with E-state index in [1.807, 2.05) is 0 Å². The Morgan fingerprint density at radius 3 is 2.61 bits per heavy atom. The van der Waals surface area contributed by atoms with Gasteiger partial charge in [0, 0.05) is 25.3 Å². The second-order valence-corrected chi connectivity index (χ2v) is 13.0. The van der Waals surface area contributed by atoms with Crippen LogP contribution in [0.3, 0.4) is 0 Å². The molecule has 0 bridgehead atoms. The number of piperidine rings is 1. The zero-order chi connectivity index (χ0) is 25.4. The average Bonchev–Trinajstić information content (AvgIpc) is 3.55. The summed E-state index contributed by atoms with van der Waals surface area (Å²) < 4.78 is 34.8. The van der Waals surface area contributed by atoms with Crippen LogP contribution in [0.15, 0.2) is 41.3 Å². The maximum atomic E-state index is 13.7. The van der Waals surface area contributed by atoms with Crippen LogP contribution in [-0.4, -0.2) is 56.0 Å². The smallest absolute Gasteiger partial charge is 0.260 e. The van der Waals surface area contributed by atoms with Gasteiger partial charge in [-0.15, -0.1) is 0 Å². The molecule has 0 spiro atoms. The number of ether oxygens (including phenoxy) is 1. The van der Waals surface area contributed by atoms with Crippen molar-refractivity contribution in [1.29, 1.82) is 0 Å². The number of benzene rings is 2. The molecule has 0 radical (unpaired) electrons. The highest BCUT2D eigenvalue weighted by Crippen LogP contribution is 2.33. The van der Waals surface area contributed by atoms with Gasteiger partial charge in [-0.25, -0.2) is 13.4 Å². The molecular formula is C27H33N3O4S2. The standard InChI is InChI=1S/C27H33N3O4S2/c1-18-6-4-14-29(16-18)36(32,33)23-11-9-21(10-12-23)26(31)30(17-22-7-5-15-34-22)27-28-25-20(3)19(2)8-13-24(25)35-27/h8-13,18,22H,4-7,14-17H2,1-3H3. The van der Waals surface area contributed by atoms with E-state index in [0.29, 0.717) is 42.9 Å². The van der Waals surface area contributed by atoms with Crippen molar-refractivity contribution in [2.75, 3.05) is 31.1 Å². The Morgan fingerprint density at radius 2 is 1.92 bits per heavy atom. The number of thiazole rings is 1. The van der Waals surface area contributed by atoms with E-state index >= 15 is 0 Å². The van der Waals surface area contributed by atoms with Gasteiger partial charge in [0.25, 0.3) is 5.91 Å². The largest absolute Gasteiger partial charge is 0.376 e. The number of carbonyl (C=O) groups is 1. The van der Waals surface area contributed by atoms with Crippen LogP contribution >= 0.6 is 11.3 Å². The topological polar surface area (TPSA) is 79.8 Å². The van der Waals surface area contributed by atoms with Crippen molar-refractivity contribution >= 4 is 42.6 Å². The highest BCUT2D eigenvalue weighted by molar-refractivity contribution is 7.89. The molecule has 7 nitrogen and oxygen atoms in total. The summed E-state index contributed by atoms with van der Waals surface area (Å²) in [7, 11) is -3.58. The molecule has 1 aromatic heterocycles. The third-order valence-electron chi connectivity index (χ3n) is 7.32. The van der Waals surface area contributed by atoms with Crippen LogP contribution in [0.2, 0.25) is 0 Å². The van der Waals surface area contributed by atoms with Gasteiger partial charge < -0.3 is 4.74 Å². The van der Waals surface area contributed by atoms with Crippen molar-refractivity contribution in [2.45, 2.75) is 57.5 Å². The number of aromatic nitrogens is 1. The van der Waals surface area contributed by atoms with Crippen LogP contribution in [-0.2, 0) is 14.8 Å². The molecule has 5 rings (SSSR count). The van der Waals surface area contributed by atoms with Gasteiger partial charge in [-0.2, -0.15) is 4.31 Å². The predicted molar refractivity (Wildman–Crippen MR) is 143 cm³/mol. The number of hydrogen-bond acceptors (Lipinski definition) is 6. The number of nitrogens with zero attached hydrogens (tertiary/aromatic N) is 3. The monoisotopic (exact) mass is 527 g/mol. The maximum absolute atomic E-state index is 13.7. The molecule has 3 heterocycles. The molecule has 192 valence electrons. The van der Waals surface area contributed by atoms with E-state index < -0.39 is 10.0 Å². The van der Waals surface area contributed by atoms with Gasteiger partial charge >= 0.3 is 0 Å². The van der Waals surface area contributed by atoms with E-state index in [2.05, 4.69) is 32.9 Å². The SMILES string of the molecule is Cc1ccc2sc(N(CC3CCCO3)C(=O)c3ccc(S(=O)(=O)N4CCCC(C)C4)cc3)nc2c1C. The average molecular weight is 528 g/mol. The van der Waals surface area contributed by atoms with Crippen molar-refractivity contribution in [3.63, 3.8) is 0 Å². The summed E-state index contributed by atoms with van der Waals surface area (Å²) in [5.41, 5.74) is 3.63. The molecular weight excluding hydrogens is 494 g/mol. The summed E-state index contributed by atoms with van der Waals surface area (Å²) in [6.07, 6.45) is 3.76. The van der Waals surface area contributed by atoms with E-state index in [1.165, 1.54) is 11.3 Å². The minimum Gasteiger partial charge on any atom is -0.376 e. The van der Waals surface area contributed by atoms with Crippen LogP contribution in [0.1, 0.15) is 54.1 Å². The van der Waals surface area contributed by atoms with Gasteiger partial charge in [-0.3, -0.25) is 9.69 Å². The highest BCUT2D eigenvalue weighted by atomic mass is 32.2. The van der Waals surface area contributed by atoms with Crippen LogP contribution in [0.25, 0.3) is 10.2 Å². The van der Waals surface area contributed by atoms with Crippen LogP contribution in [0.5, 0.6) is 0 Å². The van der Waals surface area contributed by atoms with E-state index in [1.54, 1.807) is 33.5 Å². The van der Waals surface area contributed by atoms with Gasteiger partial charge in [-0.05, 0) is 86.9 Å². The minimum absolute atomic E-state index is 0.0375. The Hall–Kier alpha value is -2.33. The number of sulfonamides is 1. The zero-order valence-electron chi connectivity index (χ0n) is 21.1. The molecule has 2 unspecified atom stereocenters. The lowest BCUT2D eigenvalue weighted by Crippen LogP contribution is -2.39. The Morgan fingerprint density at radius 1 is 1.14 bits per heavy atom. The Labute approximate surface area is 217 Å². The van der Waals surface area contributed by atoms with E-state index in [9.17, 15) is 13.2 Å². The van der Waals surface area contributed by atoms with Crippen LogP contribution in [0, 0.1) is 19.8 Å². The molecule has 2 saturated heterocycles. The molecule has 2 atom stereocenters. The quantitative estimate of drug-likeness (QED) is 0.442. The zero-order valence-corrected chi connectivity index (χ0v) is 22.7. The number of anilines is 1. The van der Waals surface area contributed by atoms with Crippen LogP contribution in [0.4, 0.5) is 5.13 Å². The lowest BCUT2D eigenvalue weighted by atomic mass is 10.0. The molecule has 3 aromatic rings. The summed E-state index contributed by atoms with van der Waals surface area (Å²) >= 11 is 1.50. The lowest BCUT2D eigenvalue weighted by Gasteiger charge is -2.30. The van der Waals surface area contributed by atoms with Crippen molar-refractivity contribution in [3.05, 3.63) is 53.1 Å². The number of hydrogen-bond donors (Lipinski definition) is 0. The first-order valence-electron chi connectivity index (χ1n) is 12.6. The number of carbonyl (C=O) groups excluding carboxylic acids is 1. The maximum Gasteiger partial charge on any atom is 0.260 e. The molecule has 36 heavy (non-hydrogen) atoms. The van der Waals surface area contributed by atoms with Gasteiger partial charge in [0.1, 0.15) is 0 Å². The third-order valence-corrected chi connectivity index (χ3v) is 10.2. The molecule has 1 amide bonds. The lowest BCUT2D eigenvalue weighted by molar-refractivity contribution is 0.0917. The van der Waals surface area contributed by atoms with Crippen molar-refractivity contribution < 1.29 is 17.9 Å². The summed E-state index contributed by atoms with van der Waals surface area (Å²) in [6, 6.07) is 10.5. The molecule has 0 N–H and O–H groups in total. The van der Waals surface area contributed by atoms with E-state index in [-0.39, 0.29) is 16.9 Å². The fourth-order valence-electron chi connectivity index (χ4n) is 5.01. The summed E-state index contributed by atoms with van der Waals surface area (Å²) in [6.45, 7) is 8.39. The number of rotatable bonds is 6. The first-order chi connectivity index (χ1) is 17.2. The van der Waals surface area contributed by atoms with Crippen molar-refractivity contribution in [1.82, 2.24) is 9.29 Å². The van der Waals surface area contributed by atoms with Crippen LogP contribution < -0.4 is 4.90 Å². The second kappa shape index (κ2) is 10.2. The second-order valence-electron chi connectivity index (χ2n) is 10.0. The van der Waals surface area contributed by atoms with E-state index in [0.717, 1.165) is 47.0 Å². The third kappa shape index (κ3) is 4.94. The predicted octanol–water partition coefficient (Wildman–Crippen LogP) is 5.16. The van der Waals surface area contributed by atoms with E-state index in [4.69, 9.17) is 9.72 Å². The molecule has 2 aliphatic rings. The van der Waals surface area contributed by atoms with Gasteiger partial charge in [0.2, 0.25) is 10.0 Å². The Bertz CT molecular complexity index is 1360. The molecule has 2 aromatic carbocycles. The van der Waals surface area contributed by atoms with Gasteiger partial charge in [0.15, 0.2) is 5.13 Å². The first kappa shape index (κ1) is 25.3. The van der Waals surface area contributed by atoms with Gasteiger partial charge in [0.05, 0.1) is 27.8 Å². The number of amides is 1. The summed E-state index contributed by atoms with van der Waals surface area (Å²) in [4.78, 5) is 20.5. The number of fused-ring (bicyclic) bond motifs is 1. The molecule has 9 heteroatoms. The molecule has 2 fully saturated rings. The summed E-state index contributed by atoms with van der Waals surface area (Å²) in [5, 5.41) is 0.637. The molecule has 0 saturated carbocycles. The Kier molecular flexibility index (Phi) is 7.18. The fourth-order valence-corrected chi connectivity index (χ4v) is 7.64. The number of aryl methyl sites for hydroxylation is 2.